The van der Waals surface area contributed by atoms with Crippen LogP contribution in [-0.4, -0.2) is 61.9 Å². The van der Waals surface area contributed by atoms with Gasteiger partial charge in [0.15, 0.2) is 17.2 Å². The van der Waals surface area contributed by atoms with Crippen LogP contribution in [-0.2, 0) is 9.59 Å². The van der Waals surface area contributed by atoms with E-state index in [-0.39, 0.29) is 59.0 Å². The van der Waals surface area contributed by atoms with Crippen molar-refractivity contribution in [3.05, 3.63) is 53.6 Å². The van der Waals surface area contributed by atoms with Crippen LogP contribution in [0, 0.1) is 28.6 Å². The molecule has 8 nitrogen and oxygen atoms in total. The van der Waals surface area contributed by atoms with Gasteiger partial charge < -0.3 is 30.3 Å². The average molecular weight is 553 g/mol. The van der Waals surface area contributed by atoms with Crippen LogP contribution in [0.2, 0.25) is 0 Å². The molecule has 1 aromatic rings. The molecular weight excluding hydrogens is 518 g/mol. The number of benzene rings is 1. The van der Waals surface area contributed by atoms with E-state index >= 15 is 4.39 Å². The van der Waals surface area contributed by atoms with E-state index < -0.39 is 58.4 Å². The maximum Gasteiger partial charge on any atom is 1.00 e. The second-order valence-electron chi connectivity index (χ2n) is 11.6. The third-order valence-electron chi connectivity index (χ3n) is 9.92. The Labute approximate surface area is 248 Å². The van der Waals surface area contributed by atoms with Crippen LogP contribution in [0.15, 0.2) is 48.1 Å². The molecule has 0 heterocycles. The first-order valence-electron chi connectivity index (χ1n) is 12.9. The Morgan fingerprint density at radius 2 is 1.82 bits per heavy atom. The summed E-state index contributed by atoms with van der Waals surface area (Å²) in [4.78, 5) is 34.5. The van der Waals surface area contributed by atoms with Gasteiger partial charge in [-0.05, 0) is 68.7 Å². The number of aromatic carboxylic acids is 1. The summed E-state index contributed by atoms with van der Waals surface area (Å²) in [7, 11) is 0. The zero-order chi connectivity index (χ0) is 28.3. The van der Waals surface area contributed by atoms with Crippen LogP contribution in [0.4, 0.5) is 4.39 Å². The molecule has 0 radical (unpaired) electrons. The molecular formula is C29H34FNaO8. The number of ketones is 2. The zero-order valence-electron chi connectivity index (χ0n) is 22.7. The van der Waals surface area contributed by atoms with Gasteiger partial charge in [-0.15, -0.1) is 0 Å². The van der Waals surface area contributed by atoms with E-state index in [0.717, 1.165) is 0 Å². The van der Waals surface area contributed by atoms with Crippen molar-refractivity contribution in [1.82, 2.24) is 0 Å². The minimum absolute atomic E-state index is 0. The van der Waals surface area contributed by atoms with Gasteiger partial charge >= 0.3 is 29.6 Å². The zero-order valence-corrected chi connectivity index (χ0v) is 24.7. The number of rotatable bonds is 3. The number of para-hydroxylation sites is 1. The first-order valence-corrected chi connectivity index (χ1v) is 12.9. The van der Waals surface area contributed by atoms with Crippen LogP contribution in [0.25, 0.3) is 0 Å². The molecule has 206 valence electrons. The van der Waals surface area contributed by atoms with E-state index in [9.17, 15) is 34.8 Å². The Hall–Kier alpha value is -1.88. The molecule has 3 fully saturated rings. The van der Waals surface area contributed by atoms with Crippen molar-refractivity contribution in [3.8, 4) is 5.75 Å². The maximum absolute atomic E-state index is 16.9. The molecule has 4 N–H and O–H groups in total. The first kappa shape index (κ1) is 31.6. The van der Waals surface area contributed by atoms with E-state index in [1.807, 2.05) is 0 Å². The van der Waals surface area contributed by atoms with Gasteiger partial charge in [0.2, 0.25) is 0 Å². The number of fused-ring (bicyclic) bond motifs is 5. The normalized spacial score (nSPS) is 40.1. The van der Waals surface area contributed by atoms with Gasteiger partial charge in [-0.3, -0.25) is 9.59 Å². The number of halogens is 1. The minimum Gasteiger partial charge on any atom is -0.545 e. The fourth-order valence-corrected chi connectivity index (χ4v) is 7.91. The van der Waals surface area contributed by atoms with Gasteiger partial charge in [0, 0.05) is 22.3 Å². The number of carboxylic acids is 1. The van der Waals surface area contributed by atoms with Crippen LogP contribution in [0.5, 0.6) is 5.75 Å². The molecule has 0 aromatic heterocycles. The van der Waals surface area contributed by atoms with Gasteiger partial charge in [-0.2, -0.15) is 0 Å². The topological polar surface area (TPSA) is 155 Å². The number of carbonyl (C=O) groups excluding carboxylic acids is 3. The molecule has 0 saturated heterocycles. The standard InChI is InChI=1S/C22H29FO5.C7H6O3.Na/c1-12-8-16-15-5-4-13-9-14(25)6-7-19(13,2)21(15,23)17(26)10-20(16,3)22(12,28)18(27)11-24;8-6-4-2-1-3-5(6)7(9)10;/h6-7,9,12,15-17,24,26,28H,4-5,8,10-11H2,1-3H3;1-4,8H,(H,9,10);/q;;+1/p-1/t12-,15-,16-,17-,19-,20-,21-,22-;;/m0../s1. The number of alkyl halides is 1. The number of hydrogen-bond donors (Lipinski definition) is 4. The Morgan fingerprint density at radius 3 is 2.38 bits per heavy atom. The van der Waals surface area contributed by atoms with Crippen LogP contribution < -0.4 is 34.7 Å². The SMILES string of the molecule is C[C@H]1C[C@H]2[C@@H]3CCC4=CC(=O)C=C[C@]4(C)[C@@]3(F)[C@@H](O)C[C@]2(C)[C@@]1(O)C(=O)CO.O=C([O-])c1ccccc1O.[Na+]. The third kappa shape index (κ3) is 4.46. The Kier molecular flexibility index (Phi) is 8.79. The Bertz CT molecular complexity index is 1230. The maximum atomic E-state index is 16.9. The summed E-state index contributed by atoms with van der Waals surface area (Å²) in [6.07, 6.45) is 4.44. The summed E-state index contributed by atoms with van der Waals surface area (Å²) in [5.74, 6) is -3.74. The van der Waals surface area contributed by atoms with Crippen molar-refractivity contribution >= 4 is 17.5 Å². The summed E-state index contributed by atoms with van der Waals surface area (Å²) in [6.45, 7) is 4.48. The summed E-state index contributed by atoms with van der Waals surface area (Å²) in [5.41, 5.74) is -5.35. The number of Topliss-reactive ketones (excluding diaryl/α,β-unsaturated/α-hetero) is 1. The minimum atomic E-state index is -1.98. The van der Waals surface area contributed by atoms with Gasteiger partial charge in [-0.1, -0.05) is 37.6 Å². The van der Waals surface area contributed by atoms with Gasteiger partial charge in [0.25, 0.3) is 0 Å². The fraction of sp³-hybridized carbons (Fsp3) is 0.552. The van der Waals surface area contributed by atoms with Gasteiger partial charge in [0.1, 0.15) is 18.0 Å². The Balaban J connectivity index is 0.000000324. The molecule has 0 bridgehead atoms. The summed E-state index contributed by atoms with van der Waals surface area (Å²) in [6, 6.07) is 5.64. The van der Waals surface area contributed by atoms with Crippen LogP contribution >= 0.6 is 0 Å². The first-order chi connectivity index (χ1) is 17.7. The van der Waals surface area contributed by atoms with Gasteiger partial charge in [0.05, 0.1) is 12.1 Å². The summed E-state index contributed by atoms with van der Waals surface area (Å²) in [5, 5.41) is 51.0. The fourth-order valence-electron chi connectivity index (χ4n) is 7.91. The number of aliphatic hydroxyl groups excluding tert-OH is 2. The largest absolute Gasteiger partial charge is 1.00 e. The summed E-state index contributed by atoms with van der Waals surface area (Å²) >= 11 is 0. The summed E-state index contributed by atoms with van der Waals surface area (Å²) < 4.78 is 16.9. The van der Waals surface area contributed by atoms with Crippen LogP contribution in [0.3, 0.4) is 0 Å². The van der Waals surface area contributed by atoms with E-state index in [4.69, 9.17) is 5.11 Å². The van der Waals surface area contributed by atoms with Crippen molar-refractivity contribution in [2.24, 2.45) is 28.6 Å². The third-order valence-corrected chi connectivity index (χ3v) is 9.92. The number of carbonyl (C=O) groups is 3. The molecule has 10 heteroatoms. The number of phenols is 1. The van der Waals surface area contributed by atoms with Crippen molar-refractivity contribution in [1.29, 1.82) is 0 Å². The molecule has 0 amide bonds. The molecule has 8 atom stereocenters. The van der Waals surface area contributed by atoms with Gasteiger partial charge in [-0.25, -0.2) is 4.39 Å². The van der Waals surface area contributed by atoms with Crippen LogP contribution in [0.1, 0.15) is 56.8 Å². The molecule has 39 heavy (non-hydrogen) atoms. The molecule has 0 spiro atoms. The van der Waals surface area contributed by atoms with E-state index in [1.54, 1.807) is 32.9 Å². The van der Waals surface area contributed by atoms with Crippen molar-refractivity contribution in [3.63, 3.8) is 0 Å². The monoisotopic (exact) mass is 552 g/mol. The molecule has 1 aromatic carbocycles. The van der Waals surface area contributed by atoms with Crippen molar-refractivity contribution < 1.29 is 73.9 Å². The molecule has 3 saturated carbocycles. The second kappa shape index (κ2) is 10.8. The van der Waals surface area contributed by atoms with E-state index in [0.29, 0.717) is 24.8 Å². The molecule has 4 aliphatic rings. The molecule has 0 aliphatic heterocycles. The van der Waals surface area contributed by atoms with E-state index in [1.165, 1.54) is 30.4 Å². The molecule has 4 aliphatic carbocycles. The number of carboxylic acid groups (broad SMARTS) is 1. The number of aliphatic hydroxyl groups is 3. The predicted octanol–water partition coefficient (Wildman–Crippen LogP) is -1.34. The number of aromatic hydroxyl groups is 1. The van der Waals surface area contributed by atoms with E-state index in [2.05, 4.69) is 0 Å². The smallest absolute Gasteiger partial charge is 0.545 e. The quantitative estimate of drug-likeness (QED) is 0.336. The predicted molar refractivity (Wildman–Crippen MR) is 132 cm³/mol. The van der Waals surface area contributed by atoms with Crippen molar-refractivity contribution in [2.45, 2.75) is 63.8 Å². The van der Waals surface area contributed by atoms with Crippen molar-refractivity contribution in [2.75, 3.05) is 6.61 Å². The molecule has 0 unspecified atom stereocenters. The number of allylic oxidation sites excluding steroid dienone is 4. The second-order valence-corrected chi connectivity index (χ2v) is 11.6. The molecule has 5 rings (SSSR count). The number of hydrogen-bond acceptors (Lipinski definition) is 8. The Morgan fingerprint density at radius 1 is 1.18 bits per heavy atom. The average Bonchev–Trinajstić information content (AvgIpc) is 3.07.